The molecular weight excluding hydrogens is 400 g/mol. The molecule has 4 N–H and O–H groups in total. The number of carbonyl (C=O) groups is 3. The fourth-order valence-corrected chi connectivity index (χ4v) is 2.47. The van der Waals surface area contributed by atoms with Gasteiger partial charge in [0.1, 0.15) is 0 Å². The lowest BCUT2D eigenvalue weighted by molar-refractivity contribution is -0.126. The van der Waals surface area contributed by atoms with E-state index in [1.165, 1.54) is 6.07 Å². The molecule has 146 valence electrons. The number of benzene rings is 2. The van der Waals surface area contributed by atoms with Crippen molar-refractivity contribution in [1.29, 1.82) is 0 Å². The zero-order chi connectivity index (χ0) is 20.4. The Morgan fingerprint density at radius 1 is 0.893 bits per heavy atom. The van der Waals surface area contributed by atoms with Crippen LogP contribution in [0.1, 0.15) is 28.8 Å². The Bertz CT molecular complexity index is 861. The van der Waals surface area contributed by atoms with Gasteiger partial charge in [0.15, 0.2) is 5.11 Å². The minimum Gasteiger partial charge on any atom is -0.352 e. The summed E-state index contributed by atoms with van der Waals surface area (Å²) in [4.78, 5) is 35.6. The van der Waals surface area contributed by atoms with Gasteiger partial charge < -0.3 is 5.32 Å². The van der Waals surface area contributed by atoms with Crippen molar-refractivity contribution in [3.63, 3.8) is 0 Å². The summed E-state index contributed by atoms with van der Waals surface area (Å²) in [5.74, 6) is -1.14. The second kappa shape index (κ2) is 11.0. The molecule has 0 aromatic heterocycles. The van der Waals surface area contributed by atoms with E-state index in [9.17, 15) is 14.4 Å². The van der Waals surface area contributed by atoms with Crippen molar-refractivity contribution in [1.82, 2.24) is 21.5 Å². The van der Waals surface area contributed by atoms with Gasteiger partial charge in [-0.3, -0.25) is 30.6 Å². The Hall–Kier alpha value is -2.97. The van der Waals surface area contributed by atoms with E-state index in [1.54, 1.807) is 18.2 Å². The van der Waals surface area contributed by atoms with Crippen LogP contribution in [-0.2, 0) is 16.1 Å². The predicted octanol–water partition coefficient (Wildman–Crippen LogP) is 2.07. The standard InChI is InChI=1S/C19H19ClN4O3S/c20-15-8-4-7-14(11-15)18(27)22-19(28)24-23-17(26)10-9-16(25)21-12-13-5-2-1-3-6-13/h1-8,11H,9-10,12H2,(H,21,25)(H,23,26)(H2,22,24,27,28). The van der Waals surface area contributed by atoms with Crippen LogP contribution in [0.4, 0.5) is 0 Å². The molecule has 0 bridgehead atoms. The molecule has 0 saturated carbocycles. The molecule has 0 aliphatic carbocycles. The average Bonchev–Trinajstić information content (AvgIpc) is 2.70. The maximum atomic E-state index is 12.0. The van der Waals surface area contributed by atoms with Gasteiger partial charge in [0.2, 0.25) is 11.8 Å². The van der Waals surface area contributed by atoms with Gasteiger partial charge in [-0.05, 0) is 36.0 Å². The molecule has 0 radical (unpaired) electrons. The van der Waals surface area contributed by atoms with Gasteiger partial charge in [-0.25, -0.2) is 0 Å². The summed E-state index contributed by atoms with van der Waals surface area (Å²) in [5, 5.41) is 5.49. The Morgan fingerprint density at radius 2 is 1.61 bits per heavy atom. The number of carbonyl (C=O) groups excluding carboxylic acids is 3. The van der Waals surface area contributed by atoms with Gasteiger partial charge in [-0.15, -0.1) is 0 Å². The molecule has 2 rings (SSSR count). The molecule has 2 aromatic carbocycles. The van der Waals surface area contributed by atoms with Gasteiger partial charge in [0.25, 0.3) is 5.91 Å². The monoisotopic (exact) mass is 418 g/mol. The summed E-state index contributed by atoms with van der Waals surface area (Å²) in [6, 6.07) is 15.8. The lowest BCUT2D eigenvalue weighted by atomic mass is 10.2. The summed E-state index contributed by atoms with van der Waals surface area (Å²) in [6.07, 6.45) is 0.000455. The Labute approximate surface area is 172 Å². The van der Waals surface area contributed by atoms with E-state index in [2.05, 4.69) is 21.5 Å². The minimum atomic E-state index is -0.463. The Kier molecular flexibility index (Phi) is 8.38. The predicted molar refractivity (Wildman–Crippen MR) is 110 cm³/mol. The van der Waals surface area contributed by atoms with E-state index >= 15 is 0 Å². The zero-order valence-electron chi connectivity index (χ0n) is 14.8. The van der Waals surface area contributed by atoms with E-state index < -0.39 is 11.8 Å². The third kappa shape index (κ3) is 7.73. The molecule has 9 heteroatoms. The second-order valence-corrected chi connectivity index (χ2v) is 6.57. The molecule has 0 spiro atoms. The van der Waals surface area contributed by atoms with Crippen molar-refractivity contribution in [2.75, 3.05) is 0 Å². The summed E-state index contributed by atoms with van der Waals surface area (Å²) >= 11 is 10.8. The normalized spacial score (nSPS) is 9.89. The first-order valence-corrected chi connectivity index (χ1v) is 9.19. The lowest BCUT2D eigenvalue weighted by Gasteiger charge is -2.11. The highest BCUT2D eigenvalue weighted by molar-refractivity contribution is 7.80. The fraction of sp³-hybridized carbons (Fsp3) is 0.158. The van der Waals surface area contributed by atoms with Crippen molar-refractivity contribution >= 4 is 46.7 Å². The Morgan fingerprint density at radius 3 is 2.32 bits per heavy atom. The van der Waals surface area contributed by atoms with Gasteiger partial charge in [0, 0.05) is 30.0 Å². The number of hydrogen-bond donors (Lipinski definition) is 4. The molecule has 0 atom stereocenters. The number of halogens is 1. The molecule has 0 heterocycles. The van der Waals surface area contributed by atoms with Crippen LogP contribution in [0.5, 0.6) is 0 Å². The van der Waals surface area contributed by atoms with Crippen LogP contribution in [0.15, 0.2) is 54.6 Å². The molecule has 0 unspecified atom stereocenters. The number of hydrazine groups is 1. The van der Waals surface area contributed by atoms with Gasteiger partial charge in [0.05, 0.1) is 0 Å². The molecule has 3 amide bonds. The molecule has 28 heavy (non-hydrogen) atoms. The van der Waals surface area contributed by atoms with Crippen LogP contribution in [-0.4, -0.2) is 22.8 Å². The average molecular weight is 419 g/mol. The second-order valence-electron chi connectivity index (χ2n) is 5.73. The molecular formula is C19H19ClN4O3S. The molecule has 0 aliphatic rings. The van der Waals surface area contributed by atoms with Crippen molar-refractivity contribution < 1.29 is 14.4 Å². The Balaban J connectivity index is 1.64. The van der Waals surface area contributed by atoms with Crippen LogP contribution in [0, 0.1) is 0 Å². The lowest BCUT2D eigenvalue weighted by Crippen LogP contribution is -2.48. The topological polar surface area (TPSA) is 99.3 Å². The van der Waals surface area contributed by atoms with E-state index in [0.717, 1.165) is 5.56 Å². The van der Waals surface area contributed by atoms with Crippen LogP contribution in [0.2, 0.25) is 5.02 Å². The van der Waals surface area contributed by atoms with E-state index in [-0.39, 0.29) is 23.9 Å². The highest BCUT2D eigenvalue weighted by atomic mass is 35.5. The minimum absolute atomic E-state index is 0.0293. The molecule has 0 aliphatic heterocycles. The van der Waals surface area contributed by atoms with Crippen LogP contribution < -0.4 is 21.5 Å². The van der Waals surface area contributed by atoms with E-state index in [0.29, 0.717) is 17.1 Å². The molecule has 2 aromatic rings. The van der Waals surface area contributed by atoms with E-state index in [1.807, 2.05) is 30.3 Å². The zero-order valence-corrected chi connectivity index (χ0v) is 16.4. The first-order chi connectivity index (χ1) is 13.4. The van der Waals surface area contributed by atoms with Crippen molar-refractivity contribution in [2.45, 2.75) is 19.4 Å². The van der Waals surface area contributed by atoms with Crippen molar-refractivity contribution in [3.05, 3.63) is 70.7 Å². The van der Waals surface area contributed by atoms with Crippen LogP contribution in [0.25, 0.3) is 0 Å². The first kappa shape index (κ1) is 21.3. The van der Waals surface area contributed by atoms with Crippen LogP contribution in [0.3, 0.4) is 0 Å². The van der Waals surface area contributed by atoms with Gasteiger partial charge in [-0.2, -0.15) is 0 Å². The summed E-state index contributed by atoms with van der Waals surface area (Å²) < 4.78 is 0. The quantitative estimate of drug-likeness (QED) is 0.425. The number of hydrogen-bond acceptors (Lipinski definition) is 4. The van der Waals surface area contributed by atoms with E-state index in [4.69, 9.17) is 23.8 Å². The van der Waals surface area contributed by atoms with Crippen LogP contribution >= 0.6 is 23.8 Å². The SMILES string of the molecule is O=C(CCC(=O)NNC(=S)NC(=O)c1cccc(Cl)c1)NCc1ccccc1. The van der Waals surface area contributed by atoms with Gasteiger partial charge in [-0.1, -0.05) is 48.0 Å². The maximum absolute atomic E-state index is 12.0. The number of amides is 3. The van der Waals surface area contributed by atoms with Gasteiger partial charge >= 0.3 is 0 Å². The highest BCUT2D eigenvalue weighted by Gasteiger charge is 2.10. The summed E-state index contributed by atoms with van der Waals surface area (Å²) in [6.45, 7) is 0.402. The number of nitrogens with one attached hydrogen (secondary N) is 4. The largest absolute Gasteiger partial charge is 0.352 e. The molecule has 0 saturated heterocycles. The number of thiocarbonyl (C=S) groups is 1. The third-order valence-corrected chi connectivity index (χ3v) is 3.98. The summed E-state index contributed by atoms with van der Waals surface area (Å²) in [7, 11) is 0. The molecule has 7 nitrogen and oxygen atoms in total. The molecule has 0 fully saturated rings. The van der Waals surface area contributed by atoms with Crippen molar-refractivity contribution in [3.8, 4) is 0 Å². The van der Waals surface area contributed by atoms with Crippen molar-refractivity contribution in [2.24, 2.45) is 0 Å². The smallest absolute Gasteiger partial charge is 0.257 e. The maximum Gasteiger partial charge on any atom is 0.257 e. The fourth-order valence-electron chi connectivity index (χ4n) is 2.14. The first-order valence-electron chi connectivity index (χ1n) is 8.40. The third-order valence-electron chi connectivity index (χ3n) is 3.54. The summed E-state index contributed by atoms with van der Waals surface area (Å²) in [5.41, 5.74) is 6.05. The number of rotatable bonds is 6. The highest BCUT2D eigenvalue weighted by Crippen LogP contribution is 2.10.